The summed E-state index contributed by atoms with van der Waals surface area (Å²) in [7, 11) is 0. The lowest BCUT2D eigenvalue weighted by Crippen LogP contribution is -2.18. The summed E-state index contributed by atoms with van der Waals surface area (Å²) in [5.74, 6) is 0.548. The summed E-state index contributed by atoms with van der Waals surface area (Å²) >= 11 is 0. The van der Waals surface area contributed by atoms with Crippen molar-refractivity contribution < 1.29 is 4.39 Å². The standard InChI is InChI=1S/C17H18FN3/c1-17(2,3)16-20-13-10-11(19)8-9-15(13)21(16)14-7-5-4-6-12(14)18/h4-10H,19H2,1-3H3. The molecule has 1 aromatic heterocycles. The topological polar surface area (TPSA) is 43.8 Å². The van der Waals surface area contributed by atoms with Crippen molar-refractivity contribution in [3.63, 3.8) is 0 Å². The number of aromatic nitrogens is 2. The predicted octanol–water partition coefficient (Wildman–Crippen LogP) is 4.04. The van der Waals surface area contributed by atoms with E-state index in [1.54, 1.807) is 12.1 Å². The van der Waals surface area contributed by atoms with Gasteiger partial charge in [0.15, 0.2) is 0 Å². The van der Waals surface area contributed by atoms with E-state index in [4.69, 9.17) is 5.73 Å². The second-order valence-corrected chi connectivity index (χ2v) is 6.22. The molecule has 0 aliphatic rings. The van der Waals surface area contributed by atoms with Crippen molar-refractivity contribution >= 4 is 16.7 Å². The molecule has 108 valence electrons. The zero-order chi connectivity index (χ0) is 15.2. The van der Waals surface area contributed by atoms with E-state index < -0.39 is 0 Å². The minimum atomic E-state index is -0.265. The number of hydrogen-bond acceptors (Lipinski definition) is 2. The number of anilines is 1. The number of imidazole rings is 1. The molecule has 3 nitrogen and oxygen atoms in total. The van der Waals surface area contributed by atoms with Crippen molar-refractivity contribution in [2.45, 2.75) is 26.2 Å². The quantitative estimate of drug-likeness (QED) is 0.685. The van der Waals surface area contributed by atoms with Crippen LogP contribution in [0, 0.1) is 5.82 Å². The van der Waals surface area contributed by atoms with Crippen molar-refractivity contribution in [2.75, 3.05) is 5.73 Å². The molecule has 0 radical (unpaired) electrons. The van der Waals surface area contributed by atoms with Gasteiger partial charge in [0.1, 0.15) is 11.6 Å². The van der Waals surface area contributed by atoms with E-state index in [9.17, 15) is 4.39 Å². The molecule has 0 unspecified atom stereocenters. The van der Waals surface area contributed by atoms with Crippen LogP contribution < -0.4 is 5.73 Å². The van der Waals surface area contributed by atoms with Gasteiger partial charge in [-0.15, -0.1) is 0 Å². The summed E-state index contributed by atoms with van der Waals surface area (Å²) in [5, 5.41) is 0. The maximum Gasteiger partial charge on any atom is 0.147 e. The van der Waals surface area contributed by atoms with Crippen molar-refractivity contribution in [2.24, 2.45) is 0 Å². The molecule has 0 saturated heterocycles. The zero-order valence-electron chi connectivity index (χ0n) is 12.4. The molecule has 1 heterocycles. The minimum Gasteiger partial charge on any atom is -0.399 e. The summed E-state index contributed by atoms with van der Waals surface area (Å²) < 4.78 is 16.1. The maximum absolute atomic E-state index is 14.3. The normalized spacial score (nSPS) is 12.0. The van der Waals surface area contributed by atoms with E-state index in [-0.39, 0.29) is 11.2 Å². The van der Waals surface area contributed by atoms with Gasteiger partial charge in [-0.25, -0.2) is 9.37 Å². The molecule has 0 fully saturated rings. The van der Waals surface area contributed by atoms with E-state index in [2.05, 4.69) is 25.8 Å². The van der Waals surface area contributed by atoms with Gasteiger partial charge in [-0.1, -0.05) is 32.9 Å². The predicted molar refractivity (Wildman–Crippen MR) is 84.1 cm³/mol. The van der Waals surface area contributed by atoms with Gasteiger partial charge in [0, 0.05) is 11.1 Å². The molecule has 0 bridgehead atoms. The van der Waals surface area contributed by atoms with Crippen LogP contribution in [-0.4, -0.2) is 9.55 Å². The summed E-state index contributed by atoms with van der Waals surface area (Å²) in [6.45, 7) is 6.19. The first-order chi connectivity index (χ1) is 9.88. The second-order valence-electron chi connectivity index (χ2n) is 6.22. The van der Waals surface area contributed by atoms with E-state index in [1.807, 2.05) is 28.8 Å². The molecule has 0 atom stereocenters. The van der Waals surface area contributed by atoms with Gasteiger partial charge in [-0.05, 0) is 30.3 Å². The molecular weight excluding hydrogens is 265 g/mol. The number of nitrogens with zero attached hydrogens (tertiary/aromatic N) is 2. The molecule has 0 spiro atoms. The number of rotatable bonds is 1. The second kappa shape index (κ2) is 4.58. The first-order valence-corrected chi connectivity index (χ1v) is 6.91. The number of benzene rings is 2. The van der Waals surface area contributed by atoms with Crippen LogP contribution in [0.4, 0.5) is 10.1 Å². The SMILES string of the molecule is CC(C)(C)c1nc2cc(N)ccc2n1-c1ccccc1F. The van der Waals surface area contributed by atoms with Crippen molar-refractivity contribution in [1.29, 1.82) is 0 Å². The number of para-hydroxylation sites is 1. The van der Waals surface area contributed by atoms with Gasteiger partial charge >= 0.3 is 0 Å². The fourth-order valence-electron chi connectivity index (χ4n) is 2.48. The fourth-order valence-corrected chi connectivity index (χ4v) is 2.48. The Morgan fingerprint density at radius 3 is 2.48 bits per heavy atom. The Hall–Kier alpha value is -2.36. The molecular formula is C17H18FN3. The number of fused-ring (bicyclic) bond motifs is 1. The largest absolute Gasteiger partial charge is 0.399 e. The third-order valence-corrected chi connectivity index (χ3v) is 3.44. The van der Waals surface area contributed by atoms with Gasteiger partial charge in [0.2, 0.25) is 0 Å². The van der Waals surface area contributed by atoms with E-state index in [0.29, 0.717) is 11.4 Å². The molecule has 21 heavy (non-hydrogen) atoms. The Morgan fingerprint density at radius 1 is 1.10 bits per heavy atom. The smallest absolute Gasteiger partial charge is 0.147 e. The monoisotopic (exact) mass is 283 g/mol. The first-order valence-electron chi connectivity index (χ1n) is 6.91. The van der Waals surface area contributed by atoms with E-state index >= 15 is 0 Å². The first kappa shape index (κ1) is 13.6. The summed E-state index contributed by atoms with van der Waals surface area (Å²) in [4.78, 5) is 4.68. The highest BCUT2D eigenvalue weighted by Crippen LogP contribution is 2.31. The van der Waals surface area contributed by atoms with E-state index in [0.717, 1.165) is 16.9 Å². The number of hydrogen-bond donors (Lipinski definition) is 1. The molecule has 3 aromatic rings. The molecule has 2 aromatic carbocycles. The third kappa shape index (κ3) is 2.27. The number of halogens is 1. The highest BCUT2D eigenvalue weighted by Gasteiger charge is 2.24. The molecule has 0 amide bonds. The lowest BCUT2D eigenvalue weighted by atomic mass is 9.95. The summed E-state index contributed by atoms with van der Waals surface area (Å²) in [5.41, 5.74) is 8.43. The Labute approximate surface area is 123 Å². The highest BCUT2D eigenvalue weighted by atomic mass is 19.1. The van der Waals surface area contributed by atoms with Crippen LogP contribution in [0.15, 0.2) is 42.5 Å². The Bertz CT molecular complexity index is 813. The van der Waals surface area contributed by atoms with Gasteiger partial charge in [0.25, 0.3) is 0 Å². The average Bonchev–Trinajstić information content (AvgIpc) is 2.77. The molecule has 2 N–H and O–H groups in total. The maximum atomic E-state index is 14.3. The van der Waals surface area contributed by atoms with Crippen molar-refractivity contribution in [1.82, 2.24) is 9.55 Å². The van der Waals surface area contributed by atoms with Crippen LogP contribution in [0.3, 0.4) is 0 Å². The van der Waals surface area contributed by atoms with Gasteiger partial charge in [-0.2, -0.15) is 0 Å². The molecule has 3 rings (SSSR count). The molecule has 4 heteroatoms. The van der Waals surface area contributed by atoms with Gasteiger partial charge in [0.05, 0.1) is 16.7 Å². The lowest BCUT2D eigenvalue weighted by molar-refractivity contribution is 0.532. The highest BCUT2D eigenvalue weighted by molar-refractivity contribution is 5.81. The van der Waals surface area contributed by atoms with Gasteiger partial charge < -0.3 is 5.73 Å². The number of nitrogens with two attached hydrogens (primary N) is 1. The summed E-state index contributed by atoms with van der Waals surface area (Å²) in [6, 6.07) is 12.3. The molecule has 0 aliphatic carbocycles. The van der Waals surface area contributed by atoms with Gasteiger partial charge in [-0.3, -0.25) is 4.57 Å². The van der Waals surface area contributed by atoms with Crippen LogP contribution >= 0.6 is 0 Å². The minimum absolute atomic E-state index is 0.212. The van der Waals surface area contributed by atoms with Crippen molar-refractivity contribution in [3.8, 4) is 5.69 Å². The van der Waals surface area contributed by atoms with Crippen LogP contribution in [0.25, 0.3) is 16.7 Å². The third-order valence-electron chi connectivity index (χ3n) is 3.44. The van der Waals surface area contributed by atoms with Crippen LogP contribution in [0.2, 0.25) is 0 Å². The van der Waals surface area contributed by atoms with Crippen LogP contribution in [0.5, 0.6) is 0 Å². The average molecular weight is 283 g/mol. The fraction of sp³-hybridized carbons (Fsp3) is 0.235. The lowest BCUT2D eigenvalue weighted by Gasteiger charge is -2.20. The Morgan fingerprint density at radius 2 is 1.81 bits per heavy atom. The van der Waals surface area contributed by atoms with Crippen LogP contribution in [0.1, 0.15) is 26.6 Å². The van der Waals surface area contributed by atoms with Crippen molar-refractivity contribution in [3.05, 3.63) is 54.1 Å². The van der Waals surface area contributed by atoms with Crippen LogP contribution in [-0.2, 0) is 5.41 Å². The zero-order valence-corrected chi connectivity index (χ0v) is 12.4. The molecule has 0 saturated carbocycles. The van der Waals surface area contributed by atoms with E-state index in [1.165, 1.54) is 6.07 Å². The summed E-state index contributed by atoms with van der Waals surface area (Å²) in [6.07, 6.45) is 0. The number of nitrogen functional groups attached to an aromatic ring is 1. The Balaban J connectivity index is 2.42. The molecule has 0 aliphatic heterocycles. The Kier molecular flexibility index (Phi) is 2.97.